The summed E-state index contributed by atoms with van der Waals surface area (Å²) in [5, 5.41) is 20.2. The van der Waals surface area contributed by atoms with Crippen LogP contribution in [0.5, 0.6) is 0 Å². The van der Waals surface area contributed by atoms with E-state index in [-0.39, 0.29) is 30.3 Å². The highest BCUT2D eigenvalue weighted by Crippen LogP contribution is 2.16. The molecule has 1 atom stereocenters. The van der Waals surface area contributed by atoms with Crippen LogP contribution in [0.1, 0.15) is 27.0 Å². The molecule has 3 aromatic carbocycles. The van der Waals surface area contributed by atoms with Gasteiger partial charge < -0.3 is 26.4 Å². The molecule has 0 aliphatic heterocycles. The smallest absolute Gasteiger partial charge is 0.335 e. The number of hydrogen-bond donors (Lipinski definition) is 5. The van der Waals surface area contributed by atoms with Gasteiger partial charge in [0, 0.05) is 35.9 Å². The Morgan fingerprint density at radius 1 is 0.780 bits per heavy atom. The van der Waals surface area contributed by atoms with Gasteiger partial charge in [0.1, 0.15) is 6.04 Å². The number of carboxylic acid groups (broad SMARTS) is 1. The Kier molecular flexibility index (Phi) is 9.40. The number of aryl methyl sites for hydroxylation is 1. The third-order valence-corrected chi connectivity index (χ3v) is 6.18. The Balaban J connectivity index is 1.37. The Hall–Kier alpha value is -5.51. The minimum Gasteiger partial charge on any atom is -0.478 e. The second-order valence-electron chi connectivity index (χ2n) is 9.32. The minimum atomic E-state index is -1.07. The summed E-state index contributed by atoms with van der Waals surface area (Å²) in [7, 11) is 0. The van der Waals surface area contributed by atoms with Crippen LogP contribution in [0.4, 0.5) is 21.9 Å². The molecule has 4 aromatic rings. The highest BCUT2D eigenvalue weighted by Gasteiger charge is 2.22. The summed E-state index contributed by atoms with van der Waals surface area (Å²) in [4.78, 5) is 53.6. The van der Waals surface area contributed by atoms with Gasteiger partial charge in [0.2, 0.25) is 11.8 Å². The molecule has 4 rings (SSSR count). The zero-order chi connectivity index (χ0) is 29.2. The number of carbonyl (C=O) groups excluding carboxylic acids is 3. The van der Waals surface area contributed by atoms with Crippen LogP contribution in [0.3, 0.4) is 0 Å². The van der Waals surface area contributed by atoms with E-state index in [4.69, 9.17) is 5.11 Å². The summed E-state index contributed by atoms with van der Waals surface area (Å²) in [6.07, 6.45) is 3.46. The molecule has 0 radical (unpaired) electrons. The van der Waals surface area contributed by atoms with Gasteiger partial charge in [0.25, 0.3) is 0 Å². The minimum absolute atomic E-state index is 0.0137. The first-order valence-corrected chi connectivity index (χ1v) is 12.8. The van der Waals surface area contributed by atoms with Crippen LogP contribution in [0.15, 0.2) is 97.3 Å². The molecule has 1 aromatic heterocycles. The molecule has 41 heavy (non-hydrogen) atoms. The van der Waals surface area contributed by atoms with Crippen molar-refractivity contribution in [2.45, 2.75) is 25.8 Å². The summed E-state index contributed by atoms with van der Waals surface area (Å²) in [5.41, 5.74) is 4.15. The molecule has 10 heteroatoms. The lowest BCUT2D eigenvalue weighted by molar-refractivity contribution is -0.126. The first kappa shape index (κ1) is 28.5. The number of anilines is 3. The van der Waals surface area contributed by atoms with E-state index in [1.54, 1.807) is 42.7 Å². The number of carbonyl (C=O) groups is 4. The topological polar surface area (TPSA) is 150 Å². The van der Waals surface area contributed by atoms with Crippen molar-refractivity contribution in [1.29, 1.82) is 0 Å². The maximum absolute atomic E-state index is 13.1. The Morgan fingerprint density at radius 3 is 2.12 bits per heavy atom. The number of aromatic nitrogens is 1. The number of carboxylic acids is 1. The van der Waals surface area contributed by atoms with E-state index in [0.29, 0.717) is 22.6 Å². The monoisotopic (exact) mass is 551 g/mol. The quantitative estimate of drug-likeness (QED) is 0.194. The first-order valence-electron chi connectivity index (χ1n) is 12.8. The van der Waals surface area contributed by atoms with Gasteiger partial charge in [-0.05, 0) is 72.1 Å². The summed E-state index contributed by atoms with van der Waals surface area (Å²) < 4.78 is 0. The molecule has 0 saturated heterocycles. The van der Waals surface area contributed by atoms with Crippen molar-refractivity contribution in [2.75, 3.05) is 16.0 Å². The number of nitrogens with zero attached hydrogens (tertiary/aromatic N) is 1. The number of nitrogens with one attached hydrogen (secondary N) is 4. The Bertz CT molecular complexity index is 1520. The SMILES string of the molecule is Cc1ccccc1NC(=O)Nc1ccc(CC(=O)N[C@@H](Cc2cccnc2)C(=O)Nc2ccc(C(=O)O)cc2)cc1. The van der Waals surface area contributed by atoms with Crippen molar-refractivity contribution in [2.24, 2.45) is 0 Å². The maximum Gasteiger partial charge on any atom is 0.335 e. The molecule has 10 nitrogen and oxygen atoms in total. The third kappa shape index (κ3) is 8.49. The largest absolute Gasteiger partial charge is 0.478 e. The third-order valence-electron chi connectivity index (χ3n) is 6.18. The maximum atomic E-state index is 13.1. The number of urea groups is 1. The first-order chi connectivity index (χ1) is 19.8. The average Bonchev–Trinajstić information content (AvgIpc) is 2.96. The number of hydrogen-bond acceptors (Lipinski definition) is 5. The van der Waals surface area contributed by atoms with Crippen molar-refractivity contribution in [1.82, 2.24) is 10.3 Å². The van der Waals surface area contributed by atoms with E-state index in [0.717, 1.165) is 11.1 Å². The highest BCUT2D eigenvalue weighted by atomic mass is 16.4. The Labute approximate surface area is 236 Å². The molecule has 1 heterocycles. The molecule has 0 bridgehead atoms. The van der Waals surface area contributed by atoms with Crippen LogP contribution >= 0.6 is 0 Å². The van der Waals surface area contributed by atoms with Gasteiger partial charge in [-0.15, -0.1) is 0 Å². The van der Waals surface area contributed by atoms with Crippen LogP contribution in [0.2, 0.25) is 0 Å². The van der Waals surface area contributed by atoms with Gasteiger partial charge in [-0.1, -0.05) is 36.4 Å². The molecule has 0 saturated carbocycles. The van der Waals surface area contributed by atoms with Gasteiger partial charge in [0.15, 0.2) is 0 Å². The number of pyridine rings is 1. The summed E-state index contributed by atoms with van der Waals surface area (Å²) in [6.45, 7) is 1.90. The van der Waals surface area contributed by atoms with Crippen LogP contribution < -0.4 is 21.3 Å². The van der Waals surface area contributed by atoms with Gasteiger partial charge >= 0.3 is 12.0 Å². The van der Waals surface area contributed by atoms with Gasteiger partial charge in [-0.2, -0.15) is 0 Å². The zero-order valence-electron chi connectivity index (χ0n) is 22.3. The van der Waals surface area contributed by atoms with Gasteiger partial charge in [0.05, 0.1) is 12.0 Å². The summed E-state index contributed by atoms with van der Waals surface area (Å²) in [5.74, 6) is -1.89. The highest BCUT2D eigenvalue weighted by molar-refractivity contribution is 6.00. The molecule has 0 fully saturated rings. The molecule has 0 spiro atoms. The predicted molar refractivity (Wildman–Crippen MR) is 156 cm³/mol. The zero-order valence-corrected chi connectivity index (χ0v) is 22.3. The second kappa shape index (κ2) is 13.5. The van der Waals surface area contributed by atoms with E-state index < -0.39 is 17.9 Å². The van der Waals surface area contributed by atoms with E-state index in [1.807, 2.05) is 37.3 Å². The van der Waals surface area contributed by atoms with Gasteiger partial charge in [-0.3, -0.25) is 14.6 Å². The number of rotatable bonds is 10. The molecular formula is C31H29N5O5. The molecule has 208 valence electrons. The normalized spacial score (nSPS) is 11.1. The molecule has 0 unspecified atom stereocenters. The fraction of sp³-hybridized carbons (Fsp3) is 0.129. The van der Waals surface area contributed by atoms with E-state index >= 15 is 0 Å². The lowest BCUT2D eigenvalue weighted by atomic mass is 10.1. The fourth-order valence-corrected chi connectivity index (χ4v) is 4.02. The molecule has 5 N–H and O–H groups in total. The number of aromatic carboxylic acids is 1. The molecule has 4 amide bonds. The van der Waals surface area contributed by atoms with E-state index in [2.05, 4.69) is 26.3 Å². The number of para-hydroxylation sites is 1. The van der Waals surface area contributed by atoms with Crippen LogP contribution in [-0.2, 0) is 22.4 Å². The fourth-order valence-electron chi connectivity index (χ4n) is 4.02. The van der Waals surface area contributed by atoms with Crippen molar-refractivity contribution < 1.29 is 24.3 Å². The molecular weight excluding hydrogens is 522 g/mol. The van der Waals surface area contributed by atoms with Crippen molar-refractivity contribution in [3.05, 3.63) is 120 Å². The molecule has 0 aliphatic carbocycles. The molecule has 0 aliphatic rings. The predicted octanol–water partition coefficient (Wildman–Crippen LogP) is 4.64. The Morgan fingerprint density at radius 2 is 1.46 bits per heavy atom. The number of amides is 4. The van der Waals surface area contributed by atoms with Gasteiger partial charge in [-0.25, -0.2) is 9.59 Å². The van der Waals surface area contributed by atoms with Crippen molar-refractivity contribution >= 4 is 40.9 Å². The second-order valence-corrected chi connectivity index (χ2v) is 9.32. The van der Waals surface area contributed by atoms with Crippen molar-refractivity contribution in [3.63, 3.8) is 0 Å². The summed E-state index contributed by atoms with van der Waals surface area (Å²) in [6, 6.07) is 22.3. The van der Waals surface area contributed by atoms with E-state index in [1.165, 1.54) is 24.3 Å². The lowest BCUT2D eigenvalue weighted by Gasteiger charge is -2.19. The standard InChI is InChI=1S/C31H29N5O5/c1-20-5-2-3-7-26(20)36-31(41)34-25-12-8-21(9-13-25)18-28(37)35-27(17-22-6-4-16-32-19-22)29(38)33-24-14-10-23(11-15-24)30(39)40/h2-16,19,27H,17-18H2,1H3,(H,33,38)(H,35,37)(H,39,40)(H2,34,36,41)/t27-/m0/s1. The van der Waals surface area contributed by atoms with E-state index in [9.17, 15) is 19.2 Å². The van der Waals surface area contributed by atoms with Crippen molar-refractivity contribution in [3.8, 4) is 0 Å². The average molecular weight is 552 g/mol. The lowest BCUT2D eigenvalue weighted by Crippen LogP contribution is -2.45. The van der Waals surface area contributed by atoms with Crippen LogP contribution in [0.25, 0.3) is 0 Å². The number of benzene rings is 3. The van der Waals surface area contributed by atoms with Crippen LogP contribution in [0, 0.1) is 6.92 Å². The van der Waals surface area contributed by atoms with Crippen LogP contribution in [-0.4, -0.2) is 39.9 Å². The summed E-state index contributed by atoms with van der Waals surface area (Å²) >= 11 is 0.